The van der Waals surface area contributed by atoms with Crippen LogP contribution in [0.25, 0.3) is 0 Å². The average molecular weight is 432 g/mol. The summed E-state index contributed by atoms with van der Waals surface area (Å²) in [6.45, 7) is 0.220. The Balaban J connectivity index is 1.94. The third-order valence-electron chi connectivity index (χ3n) is 3.26. The molecule has 27 heavy (non-hydrogen) atoms. The number of halogens is 2. The zero-order chi connectivity index (χ0) is 20.0. The summed E-state index contributed by atoms with van der Waals surface area (Å²) in [5.74, 6) is 0. The van der Waals surface area contributed by atoms with Gasteiger partial charge in [-0.15, -0.1) is 0 Å². The number of rotatable bonds is 5. The van der Waals surface area contributed by atoms with Crippen molar-refractivity contribution in [2.24, 2.45) is 0 Å². The maximum absolute atomic E-state index is 11.9. The van der Waals surface area contributed by atoms with Gasteiger partial charge in [-0.3, -0.25) is 0 Å². The molecule has 0 fully saturated rings. The van der Waals surface area contributed by atoms with Crippen molar-refractivity contribution in [3.05, 3.63) is 58.1 Å². The summed E-state index contributed by atoms with van der Waals surface area (Å²) in [4.78, 5) is 22.8. The molecule has 0 heterocycles. The van der Waals surface area contributed by atoms with E-state index < -0.39 is 22.1 Å². The fourth-order valence-corrected chi connectivity index (χ4v) is 3.17. The molecule has 0 spiro atoms. The quantitative estimate of drug-likeness (QED) is 0.671. The van der Waals surface area contributed by atoms with Crippen molar-refractivity contribution in [3.8, 4) is 0 Å². The van der Waals surface area contributed by atoms with Gasteiger partial charge in [-0.25, -0.2) is 22.7 Å². The van der Waals surface area contributed by atoms with Gasteiger partial charge < -0.3 is 15.4 Å². The minimum absolute atomic E-state index is 0.158. The van der Waals surface area contributed by atoms with Gasteiger partial charge in [-0.05, 0) is 42.0 Å². The maximum atomic E-state index is 11.9. The first-order valence-electron chi connectivity index (χ1n) is 7.41. The molecule has 8 nitrogen and oxygen atoms in total. The molecule has 0 saturated carbocycles. The van der Waals surface area contributed by atoms with Gasteiger partial charge in [0.15, 0.2) is 0 Å². The average Bonchev–Trinajstić information content (AvgIpc) is 2.62. The number of sulfonamides is 1. The van der Waals surface area contributed by atoms with Gasteiger partial charge in [-0.1, -0.05) is 29.3 Å². The number of amides is 3. The molecule has 11 heteroatoms. The molecule has 0 radical (unpaired) electrons. The lowest BCUT2D eigenvalue weighted by molar-refractivity contribution is 0.177. The fraction of sp³-hybridized carbons (Fsp3) is 0.125. The summed E-state index contributed by atoms with van der Waals surface area (Å²) in [7, 11) is -3.00. The van der Waals surface area contributed by atoms with Crippen LogP contribution in [-0.2, 0) is 21.3 Å². The highest BCUT2D eigenvalue weighted by atomic mass is 35.5. The Bertz CT molecular complexity index is 949. The van der Waals surface area contributed by atoms with Crippen LogP contribution in [0, 0.1) is 0 Å². The van der Waals surface area contributed by atoms with Crippen LogP contribution < -0.4 is 15.4 Å². The summed E-state index contributed by atoms with van der Waals surface area (Å²) in [6.07, 6.45) is -1.10. The molecule has 0 aliphatic rings. The molecule has 0 unspecified atom stereocenters. The second-order valence-corrected chi connectivity index (χ2v) is 7.67. The van der Waals surface area contributed by atoms with Crippen LogP contribution in [0.2, 0.25) is 10.0 Å². The van der Waals surface area contributed by atoms with Crippen LogP contribution in [0.3, 0.4) is 0 Å². The Morgan fingerprint density at radius 1 is 1.04 bits per heavy atom. The molecule has 3 N–H and O–H groups in total. The third kappa shape index (κ3) is 6.02. The minimum atomic E-state index is -4.05. The molecule has 144 valence electrons. The first-order chi connectivity index (χ1) is 12.7. The second kappa shape index (κ2) is 8.94. The SMILES string of the molecule is COC(=O)NS(=O)(=O)c1ccc(NC(=O)NCc2ccc(Cl)c(Cl)c2)cc1. The zero-order valence-electron chi connectivity index (χ0n) is 14.0. The number of ether oxygens (including phenoxy) is 1. The first kappa shape index (κ1) is 20.8. The summed E-state index contributed by atoms with van der Waals surface area (Å²) in [5, 5.41) is 5.98. The number of hydrogen-bond acceptors (Lipinski definition) is 5. The number of nitrogens with one attached hydrogen (secondary N) is 3. The van der Waals surface area contributed by atoms with E-state index in [1.165, 1.54) is 24.3 Å². The molecule has 0 aliphatic heterocycles. The van der Waals surface area contributed by atoms with E-state index in [0.29, 0.717) is 15.7 Å². The van der Waals surface area contributed by atoms with Crippen molar-refractivity contribution >= 4 is 51.0 Å². The highest BCUT2D eigenvalue weighted by Crippen LogP contribution is 2.22. The predicted molar refractivity (Wildman–Crippen MR) is 101 cm³/mol. The lowest BCUT2D eigenvalue weighted by Crippen LogP contribution is -2.30. The van der Waals surface area contributed by atoms with Crippen LogP contribution in [0.5, 0.6) is 0 Å². The van der Waals surface area contributed by atoms with Crippen LogP contribution in [0.15, 0.2) is 47.4 Å². The standard InChI is InChI=1S/C16H15Cl2N3O5S/c1-26-16(23)21-27(24,25)12-5-3-11(4-6-12)20-15(22)19-9-10-2-7-13(17)14(18)8-10/h2-8H,9H2,1H3,(H,21,23)(H2,19,20,22). The van der Waals surface area contributed by atoms with Gasteiger partial charge in [0.2, 0.25) is 0 Å². The molecule has 3 amide bonds. The number of carbonyl (C=O) groups excluding carboxylic acids is 2. The number of anilines is 1. The van der Waals surface area contributed by atoms with Gasteiger partial charge in [0, 0.05) is 12.2 Å². The van der Waals surface area contributed by atoms with Crippen LogP contribution in [0.1, 0.15) is 5.56 Å². The molecule has 2 rings (SSSR count). The molecule has 0 aromatic heterocycles. The van der Waals surface area contributed by atoms with E-state index in [-0.39, 0.29) is 11.4 Å². The number of urea groups is 1. The van der Waals surface area contributed by atoms with E-state index in [1.54, 1.807) is 22.9 Å². The highest BCUT2D eigenvalue weighted by molar-refractivity contribution is 7.90. The van der Waals surface area contributed by atoms with Gasteiger partial charge >= 0.3 is 12.1 Å². The predicted octanol–water partition coefficient (Wildman–Crippen LogP) is 3.36. The molecule has 0 aliphatic carbocycles. The fourth-order valence-electron chi connectivity index (χ4n) is 1.93. The molecule has 2 aromatic carbocycles. The Labute approximate surface area is 165 Å². The number of hydrogen-bond donors (Lipinski definition) is 3. The van der Waals surface area contributed by atoms with Crippen LogP contribution in [0.4, 0.5) is 15.3 Å². The number of methoxy groups -OCH3 is 1. The zero-order valence-corrected chi connectivity index (χ0v) is 16.3. The highest BCUT2D eigenvalue weighted by Gasteiger charge is 2.17. The van der Waals surface area contributed by atoms with E-state index in [0.717, 1.165) is 12.7 Å². The normalized spacial score (nSPS) is 10.8. The second-order valence-electron chi connectivity index (χ2n) is 5.18. The van der Waals surface area contributed by atoms with Crippen molar-refractivity contribution in [2.45, 2.75) is 11.4 Å². The van der Waals surface area contributed by atoms with E-state index in [9.17, 15) is 18.0 Å². The summed E-state index contributed by atoms with van der Waals surface area (Å²) in [5.41, 5.74) is 1.12. The molecular formula is C16H15Cl2N3O5S. The molecule has 2 aromatic rings. The Morgan fingerprint density at radius 2 is 1.70 bits per heavy atom. The van der Waals surface area contributed by atoms with Gasteiger partial charge in [0.1, 0.15) is 0 Å². The molecule has 0 atom stereocenters. The van der Waals surface area contributed by atoms with Gasteiger partial charge in [0.25, 0.3) is 10.0 Å². The number of benzene rings is 2. The number of carbonyl (C=O) groups is 2. The van der Waals surface area contributed by atoms with E-state index in [2.05, 4.69) is 15.4 Å². The topological polar surface area (TPSA) is 114 Å². The van der Waals surface area contributed by atoms with Crippen molar-refractivity contribution < 1.29 is 22.7 Å². The van der Waals surface area contributed by atoms with E-state index >= 15 is 0 Å². The summed E-state index contributed by atoms with van der Waals surface area (Å²) >= 11 is 11.7. The van der Waals surface area contributed by atoms with Crippen LogP contribution >= 0.6 is 23.2 Å². The summed E-state index contributed by atoms with van der Waals surface area (Å²) < 4.78 is 29.8. The Hall–Kier alpha value is -2.49. The van der Waals surface area contributed by atoms with Crippen molar-refractivity contribution in [1.29, 1.82) is 0 Å². The smallest absolute Gasteiger partial charge is 0.420 e. The first-order valence-corrected chi connectivity index (χ1v) is 9.65. The Kier molecular flexibility index (Phi) is 6.89. The maximum Gasteiger partial charge on any atom is 0.420 e. The third-order valence-corrected chi connectivity index (χ3v) is 5.33. The van der Waals surface area contributed by atoms with E-state index in [4.69, 9.17) is 23.2 Å². The Morgan fingerprint density at radius 3 is 2.30 bits per heavy atom. The van der Waals surface area contributed by atoms with E-state index in [1.807, 2.05) is 0 Å². The molecule has 0 saturated heterocycles. The lowest BCUT2D eigenvalue weighted by Gasteiger charge is -2.09. The van der Waals surface area contributed by atoms with Gasteiger partial charge in [-0.2, -0.15) is 0 Å². The van der Waals surface area contributed by atoms with Crippen molar-refractivity contribution in [1.82, 2.24) is 10.0 Å². The lowest BCUT2D eigenvalue weighted by atomic mass is 10.2. The molecular weight excluding hydrogens is 417 g/mol. The van der Waals surface area contributed by atoms with Gasteiger partial charge in [0.05, 0.1) is 22.1 Å². The van der Waals surface area contributed by atoms with Crippen molar-refractivity contribution in [2.75, 3.05) is 12.4 Å². The molecule has 0 bridgehead atoms. The minimum Gasteiger partial charge on any atom is -0.452 e. The monoisotopic (exact) mass is 431 g/mol. The van der Waals surface area contributed by atoms with Crippen molar-refractivity contribution in [3.63, 3.8) is 0 Å². The largest absolute Gasteiger partial charge is 0.452 e. The summed E-state index contributed by atoms with van der Waals surface area (Å²) in [6, 6.07) is 9.72. The van der Waals surface area contributed by atoms with Crippen LogP contribution in [-0.4, -0.2) is 27.7 Å².